The molecule has 1 aromatic heterocycles. The summed E-state index contributed by atoms with van der Waals surface area (Å²) in [6.07, 6.45) is 3.68. The van der Waals surface area contributed by atoms with Gasteiger partial charge in [-0.15, -0.1) is 6.58 Å². The van der Waals surface area contributed by atoms with Gasteiger partial charge in [-0.3, -0.25) is 14.5 Å². The van der Waals surface area contributed by atoms with Crippen molar-refractivity contribution in [1.29, 1.82) is 0 Å². The van der Waals surface area contributed by atoms with Crippen LogP contribution >= 0.6 is 15.9 Å². The molecule has 2 heterocycles. The summed E-state index contributed by atoms with van der Waals surface area (Å²) in [5.41, 5.74) is -1.13. The molecule has 0 spiro atoms. The Morgan fingerprint density at radius 3 is 2.71 bits per heavy atom. The maximum absolute atomic E-state index is 13.7. The molecule has 10 heteroatoms. The van der Waals surface area contributed by atoms with Crippen LogP contribution in [0.15, 0.2) is 29.4 Å². The third-order valence-electron chi connectivity index (χ3n) is 6.20. The Morgan fingerprint density at radius 1 is 1.38 bits per heavy atom. The van der Waals surface area contributed by atoms with Crippen molar-refractivity contribution in [1.82, 2.24) is 15.2 Å². The molecule has 2 fully saturated rings. The third kappa shape index (κ3) is 6.14. The van der Waals surface area contributed by atoms with Crippen LogP contribution in [0, 0.1) is 17.2 Å². The molecule has 2 N–H and O–H groups in total. The fourth-order valence-corrected chi connectivity index (χ4v) is 4.78. The van der Waals surface area contributed by atoms with E-state index in [1.165, 1.54) is 11.0 Å². The van der Waals surface area contributed by atoms with E-state index in [1.807, 2.05) is 6.92 Å². The van der Waals surface area contributed by atoms with E-state index >= 15 is 0 Å². The Labute approximate surface area is 207 Å². The minimum atomic E-state index is -0.826. The quantitative estimate of drug-likeness (QED) is 0.377. The number of rotatable bonds is 8. The van der Waals surface area contributed by atoms with Crippen molar-refractivity contribution in [3.05, 3.63) is 35.2 Å². The van der Waals surface area contributed by atoms with E-state index in [1.54, 1.807) is 26.8 Å². The smallest absolute Gasteiger partial charge is 0.411 e. The number of nitrogens with zero attached hydrogens (tertiary/aromatic N) is 2. The molecule has 4 atom stereocenters. The lowest BCUT2D eigenvalue weighted by Gasteiger charge is -2.29. The zero-order valence-corrected chi connectivity index (χ0v) is 21.6. The molecule has 0 aromatic carbocycles. The molecule has 0 unspecified atom stereocenters. The standard InChI is InChI=1S/C24H32BrFN4O4/c1-6-7-8-14(2)20(31)27-13-24-11-16(21(32)29-19-10-15(26)9-18(25)28-19)30(17(24)12-24)22(33)34-23(3,4)5/h6,9-10,14,16-17H,1,7-8,11-13H2,2-5H3,(H,27,31)(H,28,29,32)/t14-,16+,17-,24+/m1/s1. The van der Waals surface area contributed by atoms with Crippen molar-refractivity contribution in [3.63, 3.8) is 0 Å². The van der Waals surface area contributed by atoms with E-state index < -0.39 is 34.9 Å². The summed E-state index contributed by atoms with van der Waals surface area (Å²) in [5, 5.41) is 5.61. The molecule has 8 nitrogen and oxygen atoms in total. The molecular formula is C24H32BrFN4O4. The number of carbonyl (C=O) groups is 3. The predicted molar refractivity (Wildman–Crippen MR) is 129 cm³/mol. The van der Waals surface area contributed by atoms with E-state index in [0.717, 1.165) is 12.5 Å². The summed E-state index contributed by atoms with van der Waals surface area (Å²) in [4.78, 5) is 44.2. The maximum Gasteiger partial charge on any atom is 0.411 e. The Balaban J connectivity index is 1.74. The number of fused-ring (bicyclic) bond motifs is 1. The molecular weight excluding hydrogens is 507 g/mol. The van der Waals surface area contributed by atoms with Crippen molar-refractivity contribution >= 4 is 39.7 Å². The first-order valence-electron chi connectivity index (χ1n) is 11.4. The Kier molecular flexibility index (Phi) is 7.69. The second kappa shape index (κ2) is 10.0. The summed E-state index contributed by atoms with van der Waals surface area (Å²) in [5.74, 6) is -1.22. The summed E-state index contributed by atoms with van der Waals surface area (Å²) < 4.78 is 19.6. The molecule has 1 aliphatic carbocycles. The molecule has 0 radical (unpaired) electrons. The second-order valence-electron chi connectivity index (χ2n) is 10.2. The van der Waals surface area contributed by atoms with Crippen LogP contribution in [0.5, 0.6) is 0 Å². The molecule has 1 aliphatic heterocycles. The van der Waals surface area contributed by atoms with Gasteiger partial charge in [0.1, 0.15) is 27.9 Å². The van der Waals surface area contributed by atoms with Gasteiger partial charge in [-0.2, -0.15) is 0 Å². The second-order valence-corrected chi connectivity index (χ2v) is 11.0. The molecule has 1 saturated carbocycles. The first-order valence-corrected chi connectivity index (χ1v) is 12.2. The number of amides is 3. The van der Waals surface area contributed by atoms with Crippen molar-refractivity contribution in [2.45, 2.75) is 71.1 Å². The van der Waals surface area contributed by atoms with E-state index in [0.29, 0.717) is 25.8 Å². The van der Waals surface area contributed by atoms with E-state index in [2.05, 4.69) is 38.1 Å². The predicted octanol–water partition coefficient (Wildman–Crippen LogP) is 4.41. The summed E-state index contributed by atoms with van der Waals surface area (Å²) in [6, 6.07) is 1.24. The summed E-state index contributed by atoms with van der Waals surface area (Å²) in [6.45, 7) is 11.2. The lowest BCUT2D eigenvalue weighted by molar-refractivity contribution is -0.124. The van der Waals surface area contributed by atoms with Gasteiger partial charge in [0.25, 0.3) is 0 Å². The Hall–Kier alpha value is -2.49. The van der Waals surface area contributed by atoms with Gasteiger partial charge in [0, 0.05) is 36.1 Å². The van der Waals surface area contributed by atoms with Crippen molar-refractivity contribution < 1.29 is 23.5 Å². The monoisotopic (exact) mass is 538 g/mol. The number of hydrogen-bond acceptors (Lipinski definition) is 5. The van der Waals surface area contributed by atoms with Crippen LogP contribution in [0.4, 0.5) is 15.0 Å². The molecule has 2 aliphatic rings. The number of carbonyl (C=O) groups excluding carboxylic acids is 3. The van der Waals surface area contributed by atoms with Gasteiger partial charge in [-0.25, -0.2) is 14.2 Å². The zero-order chi connectivity index (χ0) is 25.3. The summed E-state index contributed by atoms with van der Waals surface area (Å²) >= 11 is 3.11. The van der Waals surface area contributed by atoms with E-state index in [9.17, 15) is 18.8 Å². The Bertz CT molecular complexity index is 962. The molecule has 186 valence electrons. The van der Waals surface area contributed by atoms with Crippen LogP contribution in [0.25, 0.3) is 0 Å². The number of nitrogens with one attached hydrogen (secondary N) is 2. The van der Waals surface area contributed by atoms with Crippen LogP contribution in [0.2, 0.25) is 0 Å². The lowest BCUT2D eigenvalue weighted by atomic mass is 9.98. The van der Waals surface area contributed by atoms with Crippen molar-refractivity contribution in [3.8, 4) is 0 Å². The SMILES string of the molecule is C=CCC[C@@H](C)C(=O)NC[C@@]12C[C@@H](C(=O)Nc3cc(F)cc(Br)n3)N(C(=O)OC(C)(C)C)[C@@H]1C2. The molecule has 1 aromatic rings. The van der Waals surface area contributed by atoms with Gasteiger partial charge in [0.15, 0.2) is 0 Å². The number of ether oxygens (including phenoxy) is 1. The van der Waals surface area contributed by atoms with Crippen LogP contribution in [-0.4, -0.2) is 52.0 Å². The lowest BCUT2D eigenvalue weighted by Crippen LogP contribution is -2.47. The number of anilines is 1. The van der Waals surface area contributed by atoms with Crippen LogP contribution in [0.3, 0.4) is 0 Å². The third-order valence-corrected chi connectivity index (χ3v) is 6.61. The highest BCUT2D eigenvalue weighted by Gasteiger charge is 2.67. The van der Waals surface area contributed by atoms with Gasteiger partial charge in [-0.05, 0) is 62.4 Å². The van der Waals surface area contributed by atoms with Gasteiger partial charge >= 0.3 is 6.09 Å². The number of pyridine rings is 1. The largest absolute Gasteiger partial charge is 0.444 e. The minimum absolute atomic E-state index is 0.0417. The number of hydrogen-bond donors (Lipinski definition) is 2. The van der Waals surface area contributed by atoms with Crippen LogP contribution < -0.4 is 10.6 Å². The van der Waals surface area contributed by atoms with Gasteiger partial charge in [0.2, 0.25) is 11.8 Å². The average molecular weight is 539 g/mol. The highest BCUT2D eigenvalue weighted by Crippen LogP contribution is 2.59. The molecule has 34 heavy (non-hydrogen) atoms. The fraction of sp³-hybridized carbons (Fsp3) is 0.583. The van der Waals surface area contributed by atoms with Crippen LogP contribution in [-0.2, 0) is 14.3 Å². The molecule has 1 saturated heterocycles. The number of allylic oxidation sites excluding steroid dienone is 1. The normalized spacial score (nSPS) is 24.1. The number of halogens is 2. The highest BCUT2D eigenvalue weighted by atomic mass is 79.9. The topological polar surface area (TPSA) is 101 Å². The first kappa shape index (κ1) is 26.1. The van der Waals surface area contributed by atoms with Crippen LogP contribution in [0.1, 0.15) is 53.4 Å². The molecule has 3 amide bonds. The van der Waals surface area contributed by atoms with Gasteiger partial charge in [-0.1, -0.05) is 13.0 Å². The van der Waals surface area contributed by atoms with Crippen molar-refractivity contribution in [2.75, 3.05) is 11.9 Å². The number of aromatic nitrogens is 1. The maximum atomic E-state index is 13.7. The highest BCUT2D eigenvalue weighted by molar-refractivity contribution is 9.10. The first-order chi connectivity index (χ1) is 15.8. The van der Waals surface area contributed by atoms with Crippen molar-refractivity contribution in [2.24, 2.45) is 11.3 Å². The van der Waals surface area contributed by atoms with E-state index in [4.69, 9.17) is 4.74 Å². The molecule has 0 bridgehead atoms. The number of piperidine rings is 1. The molecule has 3 rings (SSSR count). The Morgan fingerprint density at radius 2 is 2.09 bits per heavy atom. The van der Waals surface area contributed by atoms with Gasteiger partial charge in [0.05, 0.1) is 0 Å². The van der Waals surface area contributed by atoms with E-state index in [-0.39, 0.29) is 28.3 Å². The fourth-order valence-electron chi connectivity index (χ4n) is 4.37. The average Bonchev–Trinajstić information content (AvgIpc) is 3.31. The zero-order valence-electron chi connectivity index (χ0n) is 20.0. The number of likely N-dealkylation sites (tertiary alicyclic amines) is 1. The summed E-state index contributed by atoms with van der Waals surface area (Å²) in [7, 11) is 0. The van der Waals surface area contributed by atoms with Gasteiger partial charge < -0.3 is 15.4 Å². The minimum Gasteiger partial charge on any atom is -0.444 e.